The van der Waals surface area contributed by atoms with Gasteiger partial charge in [0.2, 0.25) is 0 Å². The van der Waals surface area contributed by atoms with Crippen LogP contribution in [-0.2, 0) is 13.2 Å². The van der Waals surface area contributed by atoms with E-state index in [1.807, 2.05) is 6.92 Å². The van der Waals surface area contributed by atoms with Crippen molar-refractivity contribution in [3.05, 3.63) is 15.6 Å². The molecule has 1 heterocycles. The summed E-state index contributed by atoms with van der Waals surface area (Å²) in [5.41, 5.74) is 1.03. The summed E-state index contributed by atoms with van der Waals surface area (Å²) in [7, 11) is 0. The van der Waals surface area contributed by atoms with E-state index in [2.05, 4.69) is 17.2 Å². The minimum absolute atomic E-state index is 0.0532. The molecule has 68 valence electrons. The van der Waals surface area contributed by atoms with Crippen molar-refractivity contribution in [2.24, 2.45) is 0 Å². The maximum absolute atomic E-state index is 8.83. The molecule has 0 saturated carbocycles. The number of rotatable bonds is 4. The van der Waals surface area contributed by atoms with E-state index in [1.165, 1.54) is 4.88 Å². The van der Waals surface area contributed by atoms with Gasteiger partial charge in [0, 0.05) is 11.4 Å². The fourth-order valence-corrected chi connectivity index (χ4v) is 1.86. The first-order valence-electron chi connectivity index (χ1n) is 4.04. The SMILES string of the molecule is CCNCc1sc(CO)nc1C. The Morgan fingerprint density at radius 3 is 2.83 bits per heavy atom. The van der Waals surface area contributed by atoms with Crippen LogP contribution in [0.4, 0.5) is 0 Å². The van der Waals surface area contributed by atoms with Gasteiger partial charge in [0.1, 0.15) is 5.01 Å². The van der Waals surface area contributed by atoms with E-state index in [4.69, 9.17) is 5.11 Å². The van der Waals surface area contributed by atoms with Gasteiger partial charge < -0.3 is 10.4 Å². The second kappa shape index (κ2) is 4.54. The summed E-state index contributed by atoms with van der Waals surface area (Å²) in [6.45, 7) is 5.93. The second-order valence-electron chi connectivity index (χ2n) is 2.55. The molecule has 0 fully saturated rings. The highest BCUT2D eigenvalue weighted by molar-refractivity contribution is 7.11. The number of aryl methyl sites for hydroxylation is 1. The number of nitrogens with one attached hydrogen (secondary N) is 1. The van der Waals surface area contributed by atoms with E-state index in [9.17, 15) is 0 Å². The highest BCUT2D eigenvalue weighted by Gasteiger charge is 2.04. The van der Waals surface area contributed by atoms with Crippen LogP contribution in [0.2, 0.25) is 0 Å². The van der Waals surface area contributed by atoms with Gasteiger partial charge in [-0.05, 0) is 13.5 Å². The highest BCUT2D eigenvalue weighted by Crippen LogP contribution is 2.17. The molecule has 0 spiro atoms. The van der Waals surface area contributed by atoms with Gasteiger partial charge in [-0.1, -0.05) is 6.92 Å². The summed E-state index contributed by atoms with van der Waals surface area (Å²) >= 11 is 1.58. The van der Waals surface area contributed by atoms with Crippen LogP contribution >= 0.6 is 11.3 Å². The van der Waals surface area contributed by atoms with Gasteiger partial charge in [0.25, 0.3) is 0 Å². The molecule has 2 N–H and O–H groups in total. The fourth-order valence-electron chi connectivity index (χ4n) is 0.958. The Morgan fingerprint density at radius 1 is 1.58 bits per heavy atom. The molecule has 0 unspecified atom stereocenters. The Kier molecular flexibility index (Phi) is 3.65. The lowest BCUT2D eigenvalue weighted by Crippen LogP contribution is -2.11. The first-order chi connectivity index (χ1) is 5.77. The third-order valence-electron chi connectivity index (χ3n) is 1.61. The van der Waals surface area contributed by atoms with E-state index in [1.54, 1.807) is 11.3 Å². The number of hydrogen-bond donors (Lipinski definition) is 2. The van der Waals surface area contributed by atoms with Crippen LogP contribution in [0.15, 0.2) is 0 Å². The Bertz CT molecular complexity index is 247. The molecule has 1 aromatic heterocycles. The van der Waals surface area contributed by atoms with Gasteiger partial charge in [-0.15, -0.1) is 11.3 Å². The lowest BCUT2D eigenvalue weighted by atomic mass is 10.4. The molecule has 0 radical (unpaired) electrons. The van der Waals surface area contributed by atoms with Gasteiger partial charge >= 0.3 is 0 Å². The van der Waals surface area contributed by atoms with Gasteiger partial charge in [-0.25, -0.2) is 4.98 Å². The maximum Gasteiger partial charge on any atom is 0.119 e. The molecule has 0 aliphatic rings. The number of aromatic nitrogens is 1. The van der Waals surface area contributed by atoms with Gasteiger partial charge in [-0.2, -0.15) is 0 Å². The van der Waals surface area contributed by atoms with Gasteiger partial charge in [-0.3, -0.25) is 0 Å². The quantitative estimate of drug-likeness (QED) is 0.739. The van der Waals surface area contributed by atoms with Crippen LogP contribution in [0.1, 0.15) is 22.5 Å². The molecule has 1 aromatic rings. The van der Waals surface area contributed by atoms with Gasteiger partial charge in [0.05, 0.1) is 12.3 Å². The number of aliphatic hydroxyl groups is 1. The van der Waals surface area contributed by atoms with E-state index in [0.29, 0.717) is 0 Å². The fraction of sp³-hybridized carbons (Fsp3) is 0.625. The minimum atomic E-state index is 0.0532. The van der Waals surface area contributed by atoms with Crippen molar-refractivity contribution in [3.63, 3.8) is 0 Å². The summed E-state index contributed by atoms with van der Waals surface area (Å²) in [4.78, 5) is 5.43. The third-order valence-corrected chi connectivity index (χ3v) is 2.75. The van der Waals surface area contributed by atoms with Crippen LogP contribution < -0.4 is 5.32 Å². The van der Waals surface area contributed by atoms with Crippen molar-refractivity contribution in [2.45, 2.75) is 27.0 Å². The van der Waals surface area contributed by atoms with E-state index in [-0.39, 0.29) is 6.61 Å². The lowest BCUT2D eigenvalue weighted by Gasteiger charge is -1.97. The molecule has 1 rings (SSSR count). The van der Waals surface area contributed by atoms with Crippen LogP contribution in [-0.4, -0.2) is 16.6 Å². The zero-order chi connectivity index (χ0) is 8.97. The Balaban J connectivity index is 2.64. The topological polar surface area (TPSA) is 45.1 Å². The first kappa shape index (κ1) is 9.64. The molecule has 0 amide bonds. The molecular weight excluding hydrogens is 172 g/mol. The average molecular weight is 186 g/mol. The minimum Gasteiger partial charge on any atom is -0.389 e. The predicted molar refractivity (Wildman–Crippen MR) is 50.2 cm³/mol. The van der Waals surface area contributed by atoms with Gasteiger partial charge in [0.15, 0.2) is 0 Å². The Labute approximate surface area is 76.5 Å². The molecule has 0 aliphatic carbocycles. The van der Waals surface area contributed by atoms with E-state index in [0.717, 1.165) is 23.8 Å². The zero-order valence-electron chi connectivity index (χ0n) is 7.42. The monoisotopic (exact) mass is 186 g/mol. The van der Waals surface area contributed by atoms with Crippen molar-refractivity contribution in [1.29, 1.82) is 0 Å². The van der Waals surface area contributed by atoms with Crippen molar-refractivity contribution in [3.8, 4) is 0 Å². The molecule has 0 atom stereocenters. The van der Waals surface area contributed by atoms with Crippen LogP contribution in [0, 0.1) is 6.92 Å². The Morgan fingerprint density at radius 2 is 2.33 bits per heavy atom. The summed E-state index contributed by atoms with van der Waals surface area (Å²) in [6, 6.07) is 0. The average Bonchev–Trinajstić information content (AvgIpc) is 2.43. The maximum atomic E-state index is 8.83. The van der Waals surface area contributed by atoms with Crippen molar-refractivity contribution >= 4 is 11.3 Å². The summed E-state index contributed by atoms with van der Waals surface area (Å²) in [5.74, 6) is 0. The summed E-state index contributed by atoms with van der Waals surface area (Å²) in [5, 5.41) is 12.9. The molecule has 0 saturated heterocycles. The van der Waals surface area contributed by atoms with Crippen LogP contribution in [0.3, 0.4) is 0 Å². The molecule has 12 heavy (non-hydrogen) atoms. The normalized spacial score (nSPS) is 10.6. The molecule has 4 heteroatoms. The highest BCUT2D eigenvalue weighted by atomic mass is 32.1. The van der Waals surface area contributed by atoms with Crippen molar-refractivity contribution in [1.82, 2.24) is 10.3 Å². The number of hydrogen-bond acceptors (Lipinski definition) is 4. The molecule has 3 nitrogen and oxygen atoms in total. The zero-order valence-corrected chi connectivity index (χ0v) is 8.24. The lowest BCUT2D eigenvalue weighted by molar-refractivity contribution is 0.281. The summed E-state index contributed by atoms with van der Waals surface area (Å²) < 4.78 is 0. The predicted octanol–water partition coefficient (Wildman–Crippen LogP) is 1.05. The molecule has 0 aromatic carbocycles. The first-order valence-corrected chi connectivity index (χ1v) is 4.86. The molecule has 0 aliphatic heterocycles. The van der Waals surface area contributed by atoms with E-state index >= 15 is 0 Å². The largest absolute Gasteiger partial charge is 0.389 e. The summed E-state index contributed by atoms with van der Waals surface area (Å²) in [6.07, 6.45) is 0. The molecular formula is C8H14N2OS. The van der Waals surface area contributed by atoms with Crippen LogP contribution in [0.5, 0.6) is 0 Å². The van der Waals surface area contributed by atoms with Crippen LogP contribution in [0.25, 0.3) is 0 Å². The van der Waals surface area contributed by atoms with Crippen molar-refractivity contribution < 1.29 is 5.11 Å². The standard InChI is InChI=1S/C8H14N2OS/c1-3-9-4-7-6(2)10-8(5-11)12-7/h9,11H,3-5H2,1-2H3. The van der Waals surface area contributed by atoms with E-state index < -0.39 is 0 Å². The van der Waals surface area contributed by atoms with Crippen molar-refractivity contribution in [2.75, 3.05) is 6.54 Å². The Hall–Kier alpha value is -0.450. The third kappa shape index (κ3) is 2.27. The molecule has 0 bridgehead atoms. The number of aliphatic hydroxyl groups excluding tert-OH is 1. The number of nitrogens with zero attached hydrogens (tertiary/aromatic N) is 1. The smallest absolute Gasteiger partial charge is 0.119 e. The second-order valence-corrected chi connectivity index (χ2v) is 3.72. The number of thiazole rings is 1.